The first-order valence-electron chi connectivity index (χ1n) is 6.12. The summed E-state index contributed by atoms with van der Waals surface area (Å²) in [6, 6.07) is 10.5. The van der Waals surface area contributed by atoms with E-state index in [0.29, 0.717) is 6.54 Å². The first-order chi connectivity index (χ1) is 8.12. The van der Waals surface area contributed by atoms with Crippen molar-refractivity contribution in [3.05, 3.63) is 35.9 Å². The maximum absolute atomic E-state index is 8.98. The second-order valence-electron chi connectivity index (χ2n) is 4.92. The first-order valence-corrected chi connectivity index (χ1v) is 6.12. The van der Waals surface area contributed by atoms with Gasteiger partial charge in [-0.25, -0.2) is 0 Å². The summed E-state index contributed by atoms with van der Waals surface area (Å²) in [6.07, 6.45) is 0. The summed E-state index contributed by atoms with van der Waals surface area (Å²) >= 11 is 0. The number of aliphatic hydroxyl groups is 1. The van der Waals surface area contributed by atoms with Crippen LogP contribution in [0.1, 0.15) is 12.5 Å². The molecule has 0 aromatic heterocycles. The largest absolute Gasteiger partial charge is 0.395 e. The standard InChI is InChI=1S/C14H24N2O/c1-14(11-15-2,12-16(3)9-10-17)13-7-5-4-6-8-13/h4-8,15,17H,9-12H2,1-3H3. The van der Waals surface area contributed by atoms with E-state index >= 15 is 0 Å². The Balaban J connectivity index is 2.82. The fraction of sp³-hybridized carbons (Fsp3) is 0.571. The molecule has 0 spiro atoms. The van der Waals surface area contributed by atoms with Gasteiger partial charge in [-0.3, -0.25) is 0 Å². The van der Waals surface area contributed by atoms with E-state index in [0.717, 1.165) is 13.1 Å². The number of nitrogens with one attached hydrogen (secondary N) is 1. The first kappa shape index (κ1) is 14.2. The molecule has 0 saturated heterocycles. The molecular weight excluding hydrogens is 212 g/mol. The topological polar surface area (TPSA) is 35.5 Å². The van der Waals surface area contributed by atoms with E-state index in [1.165, 1.54) is 5.56 Å². The average molecular weight is 236 g/mol. The van der Waals surface area contributed by atoms with Gasteiger partial charge >= 0.3 is 0 Å². The van der Waals surface area contributed by atoms with Gasteiger partial charge in [-0.05, 0) is 19.7 Å². The van der Waals surface area contributed by atoms with Gasteiger partial charge in [-0.2, -0.15) is 0 Å². The summed E-state index contributed by atoms with van der Waals surface area (Å²) in [7, 11) is 4.03. The molecular formula is C14H24N2O. The Morgan fingerprint density at radius 2 is 1.94 bits per heavy atom. The number of nitrogens with zero attached hydrogens (tertiary/aromatic N) is 1. The number of aliphatic hydroxyl groups excluding tert-OH is 1. The van der Waals surface area contributed by atoms with Crippen LogP contribution in [-0.4, -0.2) is 50.3 Å². The van der Waals surface area contributed by atoms with Gasteiger partial charge in [0, 0.05) is 25.0 Å². The summed E-state index contributed by atoms with van der Waals surface area (Å²) in [5.41, 5.74) is 1.40. The highest BCUT2D eigenvalue weighted by atomic mass is 16.3. The Kier molecular flexibility index (Phi) is 5.62. The van der Waals surface area contributed by atoms with Crippen LogP contribution in [0.15, 0.2) is 30.3 Å². The predicted molar refractivity (Wildman–Crippen MR) is 72.3 cm³/mol. The maximum atomic E-state index is 8.98. The highest BCUT2D eigenvalue weighted by Gasteiger charge is 2.27. The van der Waals surface area contributed by atoms with E-state index in [2.05, 4.69) is 41.4 Å². The van der Waals surface area contributed by atoms with Crippen LogP contribution in [0, 0.1) is 0 Å². The summed E-state index contributed by atoms with van der Waals surface area (Å²) in [4.78, 5) is 2.17. The Morgan fingerprint density at radius 1 is 1.29 bits per heavy atom. The molecule has 0 amide bonds. The smallest absolute Gasteiger partial charge is 0.0558 e. The van der Waals surface area contributed by atoms with Crippen LogP contribution >= 0.6 is 0 Å². The monoisotopic (exact) mass is 236 g/mol. The SMILES string of the molecule is CNCC(C)(CN(C)CCO)c1ccccc1. The van der Waals surface area contributed by atoms with Gasteiger partial charge in [0.15, 0.2) is 0 Å². The molecule has 1 rings (SSSR count). The molecule has 0 aliphatic rings. The number of hydrogen-bond donors (Lipinski definition) is 2. The second kappa shape index (κ2) is 6.74. The summed E-state index contributed by atoms with van der Waals surface area (Å²) in [5.74, 6) is 0. The van der Waals surface area contributed by atoms with Crippen LogP contribution in [0.25, 0.3) is 0 Å². The Hall–Kier alpha value is -0.900. The van der Waals surface area contributed by atoms with Crippen molar-refractivity contribution in [1.29, 1.82) is 0 Å². The summed E-state index contributed by atoms with van der Waals surface area (Å²) in [5, 5.41) is 12.2. The lowest BCUT2D eigenvalue weighted by molar-refractivity contribution is 0.192. The maximum Gasteiger partial charge on any atom is 0.0558 e. The minimum atomic E-state index is 0.0694. The number of rotatable bonds is 7. The molecule has 0 heterocycles. The van der Waals surface area contributed by atoms with E-state index in [1.54, 1.807) is 0 Å². The lowest BCUT2D eigenvalue weighted by Gasteiger charge is -2.34. The van der Waals surface area contributed by atoms with Gasteiger partial charge in [-0.15, -0.1) is 0 Å². The average Bonchev–Trinajstić information content (AvgIpc) is 2.30. The lowest BCUT2D eigenvalue weighted by atomic mass is 9.82. The van der Waals surface area contributed by atoms with E-state index in [4.69, 9.17) is 5.11 Å². The van der Waals surface area contributed by atoms with Gasteiger partial charge in [0.1, 0.15) is 0 Å². The molecule has 1 unspecified atom stereocenters. The molecule has 17 heavy (non-hydrogen) atoms. The molecule has 96 valence electrons. The minimum absolute atomic E-state index is 0.0694. The molecule has 1 aromatic carbocycles. The fourth-order valence-corrected chi connectivity index (χ4v) is 2.33. The third-order valence-electron chi connectivity index (χ3n) is 3.14. The minimum Gasteiger partial charge on any atom is -0.395 e. The zero-order valence-corrected chi connectivity index (χ0v) is 11.1. The molecule has 0 aliphatic carbocycles. The van der Waals surface area contributed by atoms with E-state index < -0.39 is 0 Å². The second-order valence-corrected chi connectivity index (χ2v) is 4.92. The van der Waals surface area contributed by atoms with Crippen LogP contribution < -0.4 is 5.32 Å². The highest BCUT2D eigenvalue weighted by molar-refractivity contribution is 5.25. The van der Waals surface area contributed by atoms with Crippen molar-refractivity contribution in [2.75, 3.05) is 40.3 Å². The van der Waals surface area contributed by atoms with Crippen molar-refractivity contribution in [3.63, 3.8) is 0 Å². The Morgan fingerprint density at radius 3 is 2.47 bits per heavy atom. The van der Waals surface area contributed by atoms with Gasteiger partial charge in [-0.1, -0.05) is 37.3 Å². The van der Waals surface area contributed by atoms with Crippen molar-refractivity contribution in [2.24, 2.45) is 0 Å². The highest BCUT2D eigenvalue weighted by Crippen LogP contribution is 2.23. The zero-order chi connectivity index (χ0) is 12.7. The Labute approximate surface area is 104 Å². The van der Waals surface area contributed by atoms with Crippen LogP contribution in [0.2, 0.25) is 0 Å². The van der Waals surface area contributed by atoms with Crippen LogP contribution in [0.5, 0.6) is 0 Å². The van der Waals surface area contributed by atoms with E-state index in [1.807, 2.05) is 20.2 Å². The molecule has 0 fully saturated rings. The van der Waals surface area contributed by atoms with Crippen molar-refractivity contribution in [1.82, 2.24) is 10.2 Å². The molecule has 3 heteroatoms. The summed E-state index contributed by atoms with van der Waals surface area (Å²) < 4.78 is 0. The van der Waals surface area contributed by atoms with Crippen molar-refractivity contribution >= 4 is 0 Å². The third-order valence-corrected chi connectivity index (χ3v) is 3.14. The van der Waals surface area contributed by atoms with Gasteiger partial charge in [0.2, 0.25) is 0 Å². The zero-order valence-electron chi connectivity index (χ0n) is 11.1. The molecule has 0 aliphatic heterocycles. The van der Waals surface area contributed by atoms with Crippen LogP contribution in [-0.2, 0) is 5.41 Å². The molecule has 0 radical (unpaired) electrons. The molecule has 0 saturated carbocycles. The normalized spacial score (nSPS) is 14.9. The Bertz CT molecular complexity index is 315. The number of hydrogen-bond acceptors (Lipinski definition) is 3. The van der Waals surface area contributed by atoms with Gasteiger partial charge < -0.3 is 15.3 Å². The van der Waals surface area contributed by atoms with Crippen LogP contribution in [0.4, 0.5) is 0 Å². The van der Waals surface area contributed by atoms with Gasteiger partial charge in [0.05, 0.1) is 6.61 Å². The van der Waals surface area contributed by atoms with Crippen molar-refractivity contribution < 1.29 is 5.11 Å². The molecule has 1 aromatic rings. The number of benzene rings is 1. The third kappa shape index (κ3) is 4.11. The van der Waals surface area contributed by atoms with E-state index in [-0.39, 0.29) is 12.0 Å². The lowest BCUT2D eigenvalue weighted by Crippen LogP contribution is -2.44. The molecule has 1 atom stereocenters. The molecule has 3 nitrogen and oxygen atoms in total. The summed E-state index contributed by atoms with van der Waals surface area (Å²) in [6.45, 7) is 5.03. The fourth-order valence-electron chi connectivity index (χ4n) is 2.33. The molecule has 2 N–H and O–H groups in total. The van der Waals surface area contributed by atoms with Crippen molar-refractivity contribution in [2.45, 2.75) is 12.3 Å². The quantitative estimate of drug-likeness (QED) is 0.744. The predicted octanol–water partition coefficient (Wildman–Crippen LogP) is 1.09. The molecule has 0 bridgehead atoms. The van der Waals surface area contributed by atoms with E-state index in [9.17, 15) is 0 Å². The number of likely N-dealkylation sites (N-methyl/N-ethyl adjacent to an activating group) is 2. The van der Waals surface area contributed by atoms with Crippen molar-refractivity contribution in [3.8, 4) is 0 Å². The van der Waals surface area contributed by atoms with Gasteiger partial charge in [0.25, 0.3) is 0 Å². The van der Waals surface area contributed by atoms with Crippen LogP contribution in [0.3, 0.4) is 0 Å².